The van der Waals surface area contributed by atoms with Gasteiger partial charge in [-0.15, -0.1) is 11.3 Å². The summed E-state index contributed by atoms with van der Waals surface area (Å²) in [7, 11) is 0. The first-order valence-electron chi connectivity index (χ1n) is 19.2. The van der Waals surface area contributed by atoms with Crippen molar-refractivity contribution in [1.29, 1.82) is 5.26 Å². The quantitative estimate of drug-likeness (QED) is 0.158. The van der Waals surface area contributed by atoms with Crippen molar-refractivity contribution < 1.29 is 4.42 Å². The Morgan fingerprint density at radius 3 is 2.14 bits per heavy atom. The van der Waals surface area contributed by atoms with Crippen LogP contribution in [0.5, 0.6) is 0 Å². The molecule has 0 saturated carbocycles. The predicted octanol–water partition coefficient (Wildman–Crippen LogP) is 11.5. The van der Waals surface area contributed by atoms with Crippen molar-refractivity contribution in [3.05, 3.63) is 145 Å². The van der Waals surface area contributed by atoms with Crippen LogP contribution in [0.2, 0.25) is 0 Å². The van der Waals surface area contributed by atoms with Gasteiger partial charge in [-0.25, -0.2) is 0 Å². The van der Waals surface area contributed by atoms with E-state index in [4.69, 9.17) is 4.42 Å². The Hall–Kier alpha value is -6.75. The molecular weight excluding hydrogens is 703 g/mol. The number of anilines is 6. The Morgan fingerprint density at radius 1 is 0.625 bits per heavy atom. The molecule has 0 radical (unpaired) electrons. The summed E-state index contributed by atoms with van der Waals surface area (Å²) in [6.07, 6.45) is 0. The first kappa shape index (κ1) is 30.6. The third-order valence-corrected chi connectivity index (χ3v) is 13.7. The number of fused-ring (bicyclic) bond motifs is 14. The Bertz CT molecular complexity index is 3470. The van der Waals surface area contributed by atoms with E-state index in [-0.39, 0.29) is 12.1 Å². The van der Waals surface area contributed by atoms with Crippen molar-refractivity contribution in [3.63, 3.8) is 0 Å². The number of benzene rings is 7. The van der Waals surface area contributed by atoms with Gasteiger partial charge in [0.2, 0.25) is 0 Å². The minimum atomic E-state index is -0.0573. The average molecular weight is 735 g/mol. The van der Waals surface area contributed by atoms with E-state index in [9.17, 15) is 5.26 Å². The molecule has 5 nitrogen and oxygen atoms in total. The largest absolute Gasteiger partial charge is 0.454 e. The molecule has 0 aliphatic carbocycles. The molecule has 10 aromatic rings. The smallest absolute Gasteiger partial charge is 0.264 e. The molecule has 3 aromatic heterocycles. The van der Waals surface area contributed by atoms with Crippen LogP contribution in [0, 0.1) is 11.3 Å². The highest BCUT2D eigenvalue weighted by molar-refractivity contribution is 7.33. The van der Waals surface area contributed by atoms with E-state index in [2.05, 4.69) is 169 Å². The van der Waals surface area contributed by atoms with Crippen LogP contribution in [0.1, 0.15) is 31.9 Å². The maximum Gasteiger partial charge on any atom is 0.264 e. The van der Waals surface area contributed by atoms with Gasteiger partial charge < -0.3 is 18.8 Å². The highest BCUT2D eigenvalue weighted by Crippen LogP contribution is 2.54. The lowest BCUT2D eigenvalue weighted by atomic mass is 9.36. The molecule has 0 saturated heterocycles. The Labute approximate surface area is 326 Å². The molecule has 0 atom stereocenters. The standard InChI is InChI=1S/C49H31BN4OS/c1-49(2,3)28-21-22-42-33(25-28)45-48(56-42)50-34-15-10-18-37-46(34)53(36-17-8-13-31-29-11-4-6-16-35(29)52(37)44(31)36)39-23-27(26-51)24-40(43(39)50)54(45)38-19-9-14-32-30-12-5-7-20-41(30)55-47(32)38/h4-25H,1-3H3. The van der Waals surface area contributed by atoms with Crippen LogP contribution in [-0.2, 0) is 5.41 Å². The molecule has 6 heterocycles. The summed E-state index contributed by atoms with van der Waals surface area (Å²) in [5.74, 6) is 0. The van der Waals surface area contributed by atoms with E-state index >= 15 is 0 Å². The molecule has 0 fully saturated rings. The zero-order valence-electron chi connectivity index (χ0n) is 30.9. The van der Waals surface area contributed by atoms with Crippen LogP contribution in [0.15, 0.2) is 138 Å². The second kappa shape index (κ2) is 10.3. The van der Waals surface area contributed by atoms with Gasteiger partial charge in [-0.05, 0) is 76.5 Å². The van der Waals surface area contributed by atoms with Gasteiger partial charge in [0.05, 0.1) is 51.1 Å². The maximum absolute atomic E-state index is 10.8. The maximum atomic E-state index is 10.8. The van der Waals surface area contributed by atoms with Gasteiger partial charge >= 0.3 is 0 Å². The lowest BCUT2D eigenvalue weighted by Gasteiger charge is -2.45. The lowest BCUT2D eigenvalue weighted by Crippen LogP contribution is -2.61. The van der Waals surface area contributed by atoms with Gasteiger partial charge in [0, 0.05) is 47.8 Å². The molecular formula is C49H31BN4OS. The molecule has 0 amide bonds. The fourth-order valence-electron chi connectivity index (χ4n) is 10.1. The van der Waals surface area contributed by atoms with Gasteiger partial charge in [-0.1, -0.05) is 99.6 Å². The molecule has 7 heteroatoms. The Kier molecular flexibility index (Phi) is 5.63. The molecule has 0 spiro atoms. The number of aromatic nitrogens is 1. The van der Waals surface area contributed by atoms with Crippen LogP contribution in [-0.4, -0.2) is 11.3 Å². The second-order valence-corrected chi connectivity index (χ2v) is 17.5. The summed E-state index contributed by atoms with van der Waals surface area (Å²) in [6.45, 7) is 6.80. The Balaban J connectivity index is 1.21. The van der Waals surface area contributed by atoms with Crippen molar-refractivity contribution in [2.45, 2.75) is 26.2 Å². The highest BCUT2D eigenvalue weighted by Gasteiger charge is 2.48. The summed E-state index contributed by atoms with van der Waals surface area (Å²) in [6, 6.07) is 50.9. The number of hydrogen-bond donors (Lipinski definition) is 0. The van der Waals surface area contributed by atoms with E-state index in [0.29, 0.717) is 5.56 Å². The molecule has 0 bridgehead atoms. The van der Waals surface area contributed by atoms with Gasteiger partial charge in [-0.3, -0.25) is 0 Å². The summed E-state index contributed by atoms with van der Waals surface area (Å²) in [5, 5.41) is 16.7. The van der Waals surface area contributed by atoms with E-state index in [1.165, 1.54) is 64.5 Å². The van der Waals surface area contributed by atoms with Crippen LogP contribution in [0.4, 0.5) is 34.1 Å². The molecule has 3 aliphatic heterocycles. The SMILES string of the molecule is CC(C)(C)c1ccc2sc3c(c2c1)N(c1cccc2c1oc1ccccc12)c1cc(C#N)cc2c1B3c1cccc3c1N2c1cccc2c4ccccc4n-3c12. The van der Waals surface area contributed by atoms with Gasteiger partial charge in [0.1, 0.15) is 5.58 Å². The van der Waals surface area contributed by atoms with Crippen LogP contribution < -0.4 is 25.5 Å². The number of nitriles is 1. The number of hydrogen-bond acceptors (Lipinski definition) is 5. The van der Waals surface area contributed by atoms with Crippen LogP contribution >= 0.6 is 11.3 Å². The summed E-state index contributed by atoms with van der Waals surface area (Å²) in [4.78, 5) is 4.88. The number of rotatable bonds is 1. The van der Waals surface area contributed by atoms with Gasteiger partial charge in [0.25, 0.3) is 6.71 Å². The molecule has 262 valence electrons. The topological polar surface area (TPSA) is 48.3 Å². The van der Waals surface area contributed by atoms with E-state index < -0.39 is 0 Å². The van der Waals surface area contributed by atoms with Crippen molar-refractivity contribution in [1.82, 2.24) is 4.57 Å². The number of nitrogens with zero attached hydrogens (tertiary/aromatic N) is 4. The molecule has 56 heavy (non-hydrogen) atoms. The lowest BCUT2D eigenvalue weighted by molar-refractivity contribution is 0.591. The third kappa shape index (κ3) is 3.66. The van der Waals surface area contributed by atoms with Crippen molar-refractivity contribution in [2.24, 2.45) is 0 Å². The monoisotopic (exact) mass is 734 g/mol. The van der Waals surface area contributed by atoms with Crippen molar-refractivity contribution in [3.8, 4) is 11.8 Å². The normalized spacial score (nSPS) is 13.9. The van der Waals surface area contributed by atoms with Crippen LogP contribution in [0.3, 0.4) is 0 Å². The molecule has 3 aliphatic rings. The first-order chi connectivity index (χ1) is 27.4. The third-order valence-electron chi connectivity index (χ3n) is 12.4. The molecule has 13 rings (SSSR count). The zero-order chi connectivity index (χ0) is 37.2. The zero-order valence-corrected chi connectivity index (χ0v) is 31.7. The van der Waals surface area contributed by atoms with E-state index in [1.807, 2.05) is 17.4 Å². The van der Waals surface area contributed by atoms with Gasteiger partial charge in [-0.2, -0.15) is 5.26 Å². The minimum Gasteiger partial charge on any atom is -0.454 e. The first-order valence-corrected chi connectivity index (χ1v) is 20.0. The average Bonchev–Trinajstić information content (AvgIpc) is 3.90. The van der Waals surface area contributed by atoms with E-state index in [1.54, 1.807) is 0 Å². The minimum absolute atomic E-state index is 0.0393. The van der Waals surface area contributed by atoms with Crippen LogP contribution in [0.25, 0.3) is 59.5 Å². The number of furan rings is 1. The summed E-state index contributed by atoms with van der Waals surface area (Å²) >= 11 is 1.89. The van der Waals surface area contributed by atoms with E-state index in [0.717, 1.165) is 50.4 Å². The highest BCUT2D eigenvalue weighted by atomic mass is 32.1. The summed E-state index contributed by atoms with van der Waals surface area (Å²) < 4.78 is 11.8. The predicted molar refractivity (Wildman–Crippen MR) is 234 cm³/mol. The van der Waals surface area contributed by atoms with Gasteiger partial charge in [0.15, 0.2) is 5.58 Å². The fraction of sp³-hybridized carbons (Fsp3) is 0.0816. The molecule has 7 aromatic carbocycles. The molecule has 0 unspecified atom stereocenters. The number of para-hydroxylation sites is 5. The number of thiophene rings is 1. The fourth-order valence-corrected chi connectivity index (χ4v) is 11.4. The van der Waals surface area contributed by atoms with Crippen molar-refractivity contribution in [2.75, 3.05) is 9.80 Å². The van der Waals surface area contributed by atoms with Crippen molar-refractivity contribution >= 4 is 122 Å². The Morgan fingerprint density at radius 2 is 1.32 bits per heavy atom. The second-order valence-electron chi connectivity index (χ2n) is 16.4. The summed E-state index contributed by atoms with van der Waals surface area (Å²) in [5.41, 5.74) is 16.1. The molecule has 0 N–H and O–H groups in total.